The Kier molecular flexibility index (Phi) is 6.31. The summed E-state index contributed by atoms with van der Waals surface area (Å²) in [6.07, 6.45) is 1.66. The molecule has 0 aliphatic heterocycles. The number of rotatable bonds is 5. The lowest BCUT2D eigenvalue weighted by Gasteiger charge is -2.21. The van der Waals surface area contributed by atoms with Crippen LogP contribution in [0.2, 0.25) is 0 Å². The molecule has 6 nitrogen and oxygen atoms in total. The van der Waals surface area contributed by atoms with E-state index < -0.39 is 0 Å². The summed E-state index contributed by atoms with van der Waals surface area (Å²) in [5.41, 5.74) is 1.91. The van der Waals surface area contributed by atoms with E-state index in [-0.39, 0.29) is 11.0 Å². The first-order valence-corrected chi connectivity index (χ1v) is 10.6. The number of ether oxygens (including phenoxy) is 1. The van der Waals surface area contributed by atoms with Gasteiger partial charge in [0.25, 0.3) is 5.56 Å². The molecule has 0 saturated carbocycles. The second kappa shape index (κ2) is 8.60. The lowest BCUT2D eigenvalue weighted by atomic mass is 9.95. The van der Waals surface area contributed by atoms with Crippen molar-refractivity contribution in [2.45, 2.75) is 33.1 Å². The fourth-order valence-corrected chi connectivity index (χ4v) is 3.41. The number of nitrogens with zero attached hydrogens (tertiary/aromatic N) is 4. The minimum absolute atomic E-state index is 0.203. The molecular formula is C23H27BrN4O2. The monoisotopic (exact) mass is 470 g/mol. The fraction of sp³-hybridized carbons (Fsp3) is 0.348. The topological polar surface area (TPSA) is 59.7 Å². The highest BCUT2D eigenvalue weighted by molar-refractivity contribution is 9.10. The maximum absolute atomic E-state index is 13.3. The minimum atomic E-state index is -0.366. The van der Waals surface area contributed by atoms with E-state index in [1.54, 1.807) is 12.3 Å². The Bertz CT molecular complexity index is 1160. The van der Waals surface area contributed by atoms with Crippen molar-refractivity contribution in [3.63, 3.8) is 0 Å². The van der Waals surface area contributed by atoms with Gasteiger partial charge in [0.2, 0.25) is 0 Å². The smallest absolute Gasteiger partial charge is 0.282 e. The molecule has 1 heterocycles. The van der Waals surface area contributed by atoms with Gasteiger partial charge in [-0.3, -0.25) is 4.79 Å². The summed E-state index contributed by atoms with van der Waals surface area (Å²) >= 11 is 3.44. The average Bonchev–Trinajstić information content (AvgIpc) is 2.67. The van der Waals surface area contributed by atoms with E-state index >= 15 is 0 Å². The predicted octanol–water partition coefficient (Wildman–Crippen LogP) is 4.80. The number of aromatic nitrogens is 2. The van der Waals surface area contributed by atoms with Crippen LogP contribution in [0, 0.1) is 0 Å². The van der Waals surface area contributed by atoms with E-state index in [9.17, 15) is 4.79 Å². The van der Waals surface area contributed by atoms with Gasteiger partial charge in [-0.05, 0) is 37.3 Å². The van der Waals surface area contributed by atoms with Crippen molar-refractivity contribution in [3.8, 4) is 5.75 Å². The molecule has 3 aromatic rings. The molecule has 0 fully saturated rings. The van der Waals surface area contributed by atoms with Crippen molar-refractivity contribution in [2.24, 2.45) is 5.10 Å². The van der Waals surface area contributed by atoms with Gasteiger partial charge in [0.1, 0.15) is 11.6 Å². The molecule has 0 aliphatic carbocycles. The van der Waals surface area contributed by atoms with E-state index in [0.29, 0.717) is 29.1 Å². The molecule has 3 rings (SSSR count). The van der Waals surface area contributed by atoms with Crippen LogP contribution in [0.5, 0.6) is 5.75 Å². The SMILES string of the molecule is CCOc1cc(N(C)C)ccc1C=Nn1c(C(C)(C)C)nc2ccc(Br)cc2c1=O. The molecule has 7 heteroatoms. The molecule has 0 unspecified atom stereocenters. The minimum Gasteiger partial charge on any atom is -0.493 e. The summed E-state index contributed by atoms with van der Waals surface area (Å²) in [5.74, 6) is 1.32. The Balaban J connectivity index is 2.18. The molecule has 2 aromatic carbocycles. The van der Waals surface area contributed by atoms with Gasteiger partial charge in [-0.25, -0.2) is 4.98 Å². The average molecular weight is 471 g/mol. The van der Waals surface area contributed by atoms with Gasteiger partial charge in [-0.15, -0.1) is 0 Å². The normalized spacial score (nSPS) is 12.0. The zero-order valence-corrected chi connectivity index (χ0v) is 19.8. The molecule has 30 heavy (non-hydrogen) atoms. The van der Waals surface area contributed by atoms with E-state index in [1.807, 2.05) is 77.0 Å². The van der Waals surface area contributed by atoms with Gasteiger partial charge >= 0.3 is 0 Å². The Morgan fingerprint density at radius 2 is 1.93 bits per heavy atom. The second-order valence-electron chi connectivity index (χ2n) is 8.26. The van der Waals surface area contributed by atoms with E-state index in [1.165, 1.54) is 4.68 Å². The highest BCUT2D eigenvalue weighted by Gasteiger charge is 2.23. The Morgan fingerprint density at radius 3 is 2.57 bits per heavy atom. The second-order valence-corrected chi connectivity index (χ2v) is 9.17. The molecule has 0 radical (unpaired) electrons. The first kappa shape index (κ1) is 22.0. The summed E-state index contributed by atoms with van der Waals surface area (Å²) in [4.78, 5) is 20.0. The fourth-order valence-electron chi connectivity index (χ4n) is 3.05. The molecular weight excluding hydrogens is 444 g/mol. The number of fused-ring (bicyclic) bond motifs is 1. The molecule has 0 saturated heterocycles. The molecule has 1 aromatic heterocycles. The lowest BCUT2D eigenvalue weighted by Crippen LogP contribution is -2.29. The number of hydrogen-bond donors (Lipinski definition) is 0. The maximum atomic E-state index is 13.3. The van der Waals surface area contributed by atoms with Crippen LogP contribution < -0.4 is 15.2 Å². The summed E-state index contributed by atoms with van der Waals surface area (Å²) in [6, 6.07) is 11.4. The van der Waals surface area contributed by atoms with Crippen molar-refractivity contribution in [1.82, 2.24) is 9.66 Å². The van der Waals surface area contributed by atoms with Gasteiger partial charge in [-0.2, -0.15) is 9.78 Å². The third kappa shape index (κ3) is 4.56. The van der Waals surface area contributed by atoms with Gasteiger partial charge < -0.3 is 9.64 Å². The lowest BCUT2D eigenvalue weighted by molar-refractivity contribution is 0.340. The molecule has 0 atom stereocenters. The third-order valence-corrected chi connectivity index (χ3v) is 5.10. The van der Waals surface area contributed by atoms with Crippen LogP contribution in [0.3, 0.4) is 0 Å². The van der Waals surface area contributed by atoms with Crippen molar-refractivity contribution < 1.29 is 4.74 Å². The van der Waals surface area contributed by atoms with E-state index in [4.69, 9.17) is 9.72 Å². The quantitative estimate of drug-likeness (QED) is 0.502. The van der Waals surface area contributed by atoms with Gasteiger partial charge in [0.15, 0.2) is 0 Å². The molecule has 0 aliphatic rings. The molecule has 0 spiro atoms. The Hall–Kier alpha value is -2.67. The van der Waals surface area contributed by atoms with Crippen molar-refractivity contribution in [3.05, 3.63) is 62.6 Å². The van der Waals surface area contributed by atoms with Crippen LogP contribution in [-0.4, -0.2) is 36.6 Å². The third-order valence-electron chi connectivity index (χ3n) is 4.60. The van der Waals surface area contributed by atoms with E-state index in [2.05, 4.69) is 21.0 Å². The van der Waals surface area contributed by atoms with Crippen LogP contribution >= 0.6 is 15.9 Å². The van der Waals surface area contributed by atoms with Gasteiger partial charge in [0, 0.05) is 41.3 Å². The highest BCUT2D eigenvalue weighted by Crippen LogP contribution is 2.25. The predicted molar refractivity (Wildman–Crippen MR) is 127 cm³/mol. The van der Waals surface area contributed by atoms with E-state index in [0.717, 1.165) is 15.7 Å². The number of halogens is 1. The van der Waals surface area contributed by atoms with Gasteiger partial charge in [0.05, 0.1) is 23.7 Å². The zero-order valence-electron chi connectivity index (χ0n) is 18.2. The molecule has 158 valence electrons. The van der Waals surface area contributed by atoms with Crippen LogP contribution in [-0.2, 0) is 5.41 Å². The maximum Gasteiger partial charge on any atom is 0.282 e. The highest BCUT2D eigenvalue weighted by atomic mass is 79.9. The first-order valence-electron chi connectivity index (χ1n) is 9.83. The van der Waals surface area contributed by atoms with Crippen LogP contribution in [0.25, 0.3) is 10.9 Å². The first-order chi connectivity index (χ1) is 14.1. The van der Waals surface area contributed by atoms with Crippen LogP contribution in [0.15, 0.2) is 50.8 Å². The van der Waals surface area contributed by atoms with Crippen molar-refractivity contribution in [1.29, 1.82) is 0 Å². The number of hydrogen-bond acceptors (Lipinski definition) is 5. The summed E-state index contributed by atoms with van der Waals surface area (Å²) in [6.45, 7) is 8.53. The van der Waals surface area contributed by atoms with Crippen LogP contribution in [0.4, 0.5) is 5.69 Å². The molecule has 0 amide bonds. The summed E-state index contributed by atoms with van der Waals surface area (Å²) in [7, 11) is 3.96. The molecule has 0 bridgehead atoms. The van der Waals surface area contributed by atoms with Crippen molar-refractivity contribution >= 4 is 38.7 Å². The Labute approximate surface area is 185 Å². The number of benzene rings is 2. The standard InChI is InChI=1S/C23H27BrN4O2/c1-7-30-20-13-17(27(5)6)10-8-15(20)14-25-28-21(29)18-12-16(24)9-11-19(18)26-22(28)23(2,3)4/h8-14H,7H2,1-6H3. The largest absolute Gasteiger partial charge is 0.493 e. The summed E-state index contributed by atoms with van der Waals surface area (Å²) in [5, 5.41) is 5.06. The molecule has 0 N–H and O–H groups in total. The summed E-state index contributed by atoms with van der Waals surface area (Å²) < 4.78 is 8.02. The Morgan fingerprint density at radius 1 is 1.20 bits per heavy atom. The zero-order chi connectivity index (χ0) is 22.1. The van der Waals surface area contributed by atoms with Crippen LogP contribution in [0.1, 0.15) is 39.1 Å². The van der Waals surface area contributed by atoms with Gasteiger partial charge in [-0.1, -0.05) is 36.7 Å². The number of anilines is 1. The van der Waals surface area contributed by atoms with Crippen molar-refractivity contribution in [2.75, 3.05) is 25.6 Å².